The number of hydrogen-bond donors (Lipinski definition) is 1. The van der Waals surface area contributed by atoms with Gasteiger partial charge in [-0.2, -0.15) is 0 Å². The van der Waals surface area contributed by atoms with Crippen LogP contribution < -0.4 is 4.74 Å². The monoisotopic (exact) mass is 249 g/mol. The topological polar surface area (TPSA) is 32.7 Å². The van der Waals surface area contributed by atoms with E-state index in [1.807, 2.05) is 25.1 Å². The molecular formula is C15H23NO2. The van der Waals surface area contributed by atoms with Crippen LogP contribution in [0.3, 0.4) is 0 Å². The van der Waals surface area contributed by atoms with E-state index in [4.69, 9.17) is 4.74 Å². The van der Waals surface area contributed by atoms with Crippen molar-refractivity contribution in [1.82, 2.24) is 4.90 Å². The summed E-state index contributed by atoms with van der Waals surface area (Å²) in [6.45, 7) is 7.88. The van der Waals surface area contributed by atoms with Gasteiger partial charge in [0.1, 0.15) is 12.4 Å². The molecule has 1 saturated heterocycles. The second-order valence-electron chi connectivity index (χ2n) is 5.11. The van der Waals surface area contributed by atoms with Crippen molar-refractivity contribution in [3.05, 3.63) is 29.3 Å². The summed E-state index contributed by atoms with van der Waals surface area (Å²) in [5.74, 6) is 0.823. The van der Waals surface area contributed by atoms with Gasteiger partial charge in [-0.1, -0.05) is 12.1 Å². The zero-order valence-corrected chi connectivity index (χ0v) is 11.4. The van der Waals surface area contributed by atoms with Crippen molar-refractivity contribution >= 4 is 0 Å². The molecule has 1 aliphatic heterocycles. The van der Waals surface area contributed by atoms with Gasteiger partial charge in [0.2, 0.25) is 0 Å². The van der Waals surface area contributed by atoms with Gasteiger partial charge >= 0.3 is 0 Å². The summed E-state index contributed by atoms with van der Waals surface area (Å²) in [7, 11) is 0. The highest BCUT2D eigenvalue weighted by molar-refractivity contribution is 5.38. The second-order valence-corrected chi connectivity index (χ2v) is 5.11. The third-order valence-corrected chi connectivity index (χ3v) is 3.48. The Balaban J connectivity index is 1.92. The zero-order chi connectivity index (χ0) is 13.0. The van der Waals surface area contributed by atoms with Gasteiger partial charge in [0.25, 0.3) is 0 Å². The van der Waals surface area contributed by atoms with Gasteiger partial charge in [0.05, 0.1) is 6.10 Å². The Morgan fingerprint density at radius 3 is 2.72 bits per heavy atom. The number of nitrogens with zero attached hydrogens (tertiary/aromatic N) is 1. The molecular weight excluding hydrogens is 226 g/mol. The predicted molar refractivity (Wildman–Crippen MR) is 73.0 cm³/mol. The highest BCUT2D eigenvalue weighted by Crippen LogP contribution is 2.26. The summed E-state index contributed by atoms with van der Waals surface area (Å²) in [5.41, 5.74) is 2.04. The summed E-state index contributed by atoms with van der Waals surface area (Å²) >= 11 is 0. The molecule has 2 rings (SSSR count). The third kappa shape index (κ3) is 3.47. The highest BCUT2D eigenvalue weighted by atomic mass is 16.5. The summed E-state index contributed by atoms with van der Waals surface area (Å²) in [5, 5.41) is 9.72. The van der Waals surface area contributed by atoms with E-state index in [0.717, 1.165) is 23.4 Å². The Kier molecular flexibility index (Phi) is 4.61. The second kappa shape index (κ2) is 6.21. The van der Waals surface area contributed by atoms with Gasteiger partial charge in [-0.3, -0.25) is 4.90 Å². The quantitative estimate of drug-likeness (QED) is 0.870. The summed E-state index contributed by atoms with van der Waals surface area (Å²) < 4.78 is 5.84. The predicted octanol–water partition coefficient (Wildman–Crippen LogP) is 2.52. The van der Waals surface area contributed by atoms with Gasteiger partial charge in [0.15, 0.2) is 0 Å². The molecule has 100 valence electrons. The first-order valence-corrected chi connectivity index (χ1v) is 6.80. The van der Waals surface area contributed by atoms with Crippen LogP contribution >= 0.6 is 0 Å². The fourth-order valence-electron chi connectivity index (χ4n) is 2.40. The van der Waals surface area contributed by atoms with Crippen molar-refractivity contribution < 1.29 is 9.84 Å². The molecule has 0 bridgehead atoms. The molecule has 0 radical (unpaired) electrons. The standard InChI is InChI=1S/C15H23NO2/c1-12-5-6-14(13(2)17)15(11-12)18-10-9-16-7-3-4-8-16/h5-6,11,13,17H,3-4,7-10H2,1-2H3. The summed E-state index contributed by atoms with van der Waals surface area (Å²) in [6, 6.07) is 5.96. The molecule has 1 atom stereocenters. The molecule has 1 fully saturated rings. The van der Waals surface area contributed by atoms with E-state index in [2.05, 4.69) is 4.90 Å². The van der Waals surface area contributed by atoms with E-state index in [9.17, 15) is 5.11 Å². The molecule has 3 nitrogen and oxygen atoms in total. The normalized spacial score (nSPS) is 17.9. The Labute approximate surface area is 109 Å². The molecule has 1 unspecified atom stereocenters. The van der Waals surface area contributed by atoms with Crippen LogP contribution in [0.15, 0.2) is 18.2 Å². The lowest BCUT2D eigenvalue weighted by Crippen LogP contribution is -2.25. The highest BCUT2D eigenvalue weighted by Gasteiger charge is 2.12. The molecule has 1 aromatic carbocycles. The smallest absolute Gasteiger partial charge is 0.125 e. The van der Waals surface area contributed by atoms with E-state index >= 15 is 0 Å². The third-order valence-electron chi connectivity index (χ3n) is 3.48. The first kappa shape index (κ1) is 13.4. The van der Waals surface area contributed by atoms with Crippen molar-refractivity contribution in [3.63, 3.8) is 0 Å². The number of aliphatic hydroxyl groups is 1. The Morgan fingerprint density at radius 2 is 2.06 bits per heavy atom. The molecule has 0 saturated carbocycles. The van der Waals surface area contributed by atoms with Crippen LogP contribution in [0.5, 0.6) is 5.75 Å². The summed E-state index contributed by atoms with van der Waals surface area (Å²) in [6.07, 6.45) is 2.14. The van der Waals surface area contributed by atoms with Gasteiger partial charge in [0, 0.05) is 12.1 Å². The SMILES string of the molecule is Cc1ccc(C(C)O)c(OCCN2CCCC2)c1. The maximum atomic E-state index is 9.72. The van der Waals surface area contributed by atoms with Crippen molar-refractivity contribution in [2.75, 3.05) is 26.2 Å². The molecule has 1 heterocycles. The first-order valence-electron chi connectivity index (χ1n) is 6.80. The van der Waals surface area contributed by atoms with Crippen LogP contribution in [0, 0.1) is 6.92 Å². The largest absolute Gasteiger partial charge is 0.492 e. The van der Waals surface area contributed by atoms with Crippen LogP contribution in [0.1, 0.15) is 37.0 Å². The Bertz CT molecular complexity index is 384. The zero-order valence-electron chi connectivity index (χ0n) is 11.4. The van der Waals surface area contributed by atoms with Gasteiger partial charge in [-0.15, -0.1) is 0 Å². The van der Waals surface area contributed by atoms with Crippen molar-refractivity contribution in [3.8, 4) is 5.75 Å². The maximum Gasteiger partial charge on any atom is 0.125 e. The molecule has 1 aromatic rings. The minimum atomic E-state index is -0.479. The number of likely N-dealkylation sites (tertiary alicyclic amines) is 1. The van der Waals surface area contributed by atoms with Crippen molar-refractivity contribution in [2.24, 2.45) is 0 Å². The molecule has 0 spiro atoms. The van der Waals surface area contributed by atoms with E-state index in [-0.39, 0.29) is 0 Å². The number of hydrogen-bond acceptors (Lipinski definition) is 3. The Morgan fingerprint density at radius 1 is 1.33 bits per heavy atom. The molecule has 0 amide bonds. The average Bonchev–Trinajstić information content (AvgIpc) is 2.82. The number of benzene rings is 1. The number of ether oxygens (including phenoxy) is 1. The number of aryl methyl sites for hydroxylation is 1. The lowest BCUT2D eigenvalue weighted by molar-refractivity contribution is 0.186. The van der Waals surface area contributed by atoms with E-state index in [1.165, 1.54) is 25.9 Å². The molecule has 1 N–H and O–H groups in total. The minimum Gasteiger partial charge on any atom is -0.492 e. The fraction of sp³-hybridized carbons (Fsp3) is 0.600. The van der Waals surface area contributed by atoms with E-state index in [1.54, 1.807) is 6.92 Å². The van der Waals surface area contributed by atoms with Crippen molar-refractivity contribution in [2.45, 2.75) is 32.8 Å². The lowest BCUT2D eigenvalue weighted by atomic mass is 10.1. The fourth-order valence-corrected chi connectivity index (χ4v) is 2.40. The van der Waals surface area contributed by atoms with Crippen molar-refractivity contribution in [1.29, 1.82) is 0 Å². The van der Waals surface area contributed by atoms with Crippen LogP contribution in [0.25, 0.3) is 0 Å². The van der Waals surface area contributed by atoms with Crippen LogP contribution in [0.4, 0.5) is 0 Å². The first-order chi connectivity index (χ1) is 8.66. The minimum absolute atomic E-state index is 0.479. The molecule has 0 aliphatic carbocycles. The van der Waals surface area contributed by atoms with Gasteiger partial charge in [-0.05, 0) is 51.4 Å². The molecule has 3 heteroatoms. The molecule has 18 heavy (non-hydrogen) atoms. The number of aliphatic hydroxyl groups excluding tert-OH is 1. The van der Waals surface area contributed by atoms with Crippen LogP contribution in [-0.4, -0.2) is 36.2 Å². The Hall–Kier alpha value is -1.06. The van der Waals surface area contributed by atoms with Crippen LogP contribution in [-0.2, 0) is 0 Å². The number of rotatable bonds is 5. The summed E-state index contributed by atoms with van der Waals surface area (Å²) in [4.78, 5) is 2.43. The van der Waals surface area contributed by atoms with E-state index < -0.39 is 6.10 Å². The van der Waals surface area contributed by atoms with Crippen LogP contribution in [0.2, 0.25) is 0 Å². The van der Waals surface area contributed by atoms with Gasteiger partial charge < -0.3 is 9.84 Å². The molecule has 0 aromatic heterocycles. The van der Waals surface area contributed by atoms with E-state index in [0.29, 0.717) is 6.61 Å². The molecule has 1 aliphatic rings. The average molecular weight is 249 g/mol. The van der Waals surface area contributed by atoms with Gasteiger partial charge in [-0.25, -0.2) is 0 Å². The maximum absolute atomic E-state index is 9.72. The lowest BCUT2D eigenvalue weighted by Gasteiger charge is -2.17.